The molecule has 0 bridgehead atoms. The summed E-state index contributed by atoms with van der Waals surface area (Å²) in [4.78, 5) is 39.2. The minimum absolute atomic E-state index is 0.0774. The summed E-state index contributed by atoms with van der Waals surface area (Å²) in [5.74, 6) is -0.405. The summed E-state index contributed by atoms with van der Waals surface area (Å²) in [7, 11) is 1.68. The Bertz CT molecular complexity index is 1080. The van der Waals surface area contributed by atoms with E-state index >= 15 is 0 Å². The number of nitrogens with zero attached hydrogens (tertiary/aromatic N) is 3. The standard InChI is InChI=1S/C21H24N4O3/c1-4-24(5-2)20(27)15-9-8-10-16(13-15)22-19(26)14-25-18-12-7-6-11-17(18)23(3)21(25)28/h6-13H,4-5,14H2,1-3H3,(H,22,26). The number of imidazole rings is 1. The molecule has 1 aromatic heterocycles. The fourth-order valence-corrected chi connectivity index (χ4v) is 3.28. The number of hydrogen-bond acceptors (Lipinski definition) is 3. The van der Waals surface area contributed by atoms with Gasteiger partial charge in [-0.2, -0.15) is 0 Å². The molecule has 0 saturated heterocycles. The number of carbonyl (C=O) groups is 2. The zero-order valence-electron chi connectivity index (χ0n) is 16.3. The SMILES string of the molecule is CCN(CC)C(=O)c1cccc(NC(=O)Cn2c(=O)n(C)c3ccccc32)c1. The highest BCUT2D eigenvalue weighted by Gasteiger charge is 2.15. The average Bonchev–Trinajstić information content (AvgIpc) is 2.94. The van der Waals surface area contributed by atoms with Crippen molar-refractivity contribution < 1.29 is 9.59 Å². The lowest BCUT2D eigenvalue weighted by atomic mass is 10.1. The van der Waals surface area contributed by atoms with Crippen molar-refractivity contribution in [1.29, 1.82) is 0 Å². The van der Waals surface area contributed by atoms with E-state index in [4.69, 9.17) is 0 Å². The number of anilines is 1. The van der Waals surface area contributed by atoms with Crippen LogP contribution in [0, 0.1) is 0 Å². The van der Waals surface area contributed by atoms with Gasteiger partial charge >= 0.3 is 5.69 Å². The second-order valence-electron chi connectivity index (χ2n) is 6.52. The van der Waals surface area contributed by atoms with Crippen molar-refractivity contribution >= 4 is 28.5 Å². The van der Waals surface area contributed by atoms with E-state index in [1.165, 1.54) is 9.13 Å². The molecule has 146 valence electrons. The van der Waals surface area contributed by atoms with E-state index in [2.05, 4.69) is 5.32 Å². The fraction of sp³-hybridized carbons (Fsp3) is 0.286. The van der Waals surface area contributed by atoms with Gasteiger partial charge in [-0.25, -0.2) is 4.79 Å². The smallest absolute Gasteiger partial charge is 0.329 e. The number of carbonyl (C=O) groups excluding carboxylic acids is 2. The first-order valence-corrected chi connectivity index (χ1v) is 9.29. The van der Waals surface area contributed by atoms with Crippen molar-refractivity contribution in [2.24, 2.45) is 7.05 Å². The van der Waals surface area contributed by atoms with E-state index in [-0.39, 0.29) is 24.0 Å². The van der Waals surface area contributed by atoms with Gasteiger partial charge in [-0.05, 0) is 44.2 Å². The Kier molecular flexibility index (Phi) is 5.63. The Balaban J connectivity index is 1.80. The Labute approximate surface area is 163 Å². The quantitative estimate of drug-likeness (QED) is 0.714. The zero-order valence-corrected chi connectivity index (χ0v) is 16.3. The first kappa shape index (κ1) is 19.4. The van der Waals surface area contributed by atoms with Gasteiger partial charge in [0.1, 0.15) is 6.54 Å². The third-order valence-corrected chi connectivity index (χ3v) is 4.80. The van der Waals surface area contributed by atoms with Gasteiger partial charge in [-0.15, -0.1) is 0 Å². The number of aryl methyl sites for hydroxylation is 1. The zero-order chi connectivity index (χ0) is 20.3. The van der Waals surface area contributed by atoms with Crippen LogP contribution >= 0.6 is 0 Å². The number of aromatic nitrogens is 2. The summed E-state index contributed by atoms with van der Waals surface area (Å²) in [6.45, 7) is 4.99. The average molecular weight is 380 g/mol. The molecule has 1 N–H and O–H groups in total. The minimum atomic E-state index is -0.328. The van der Waals surface area contributed by atoms with Gasteiger partial charge in [0.15, 0.2) is 0 Å². The molecule has 0 aliphatic carbocycles. The van der Waals surface area contributed by atoms with Gasteiger partial charge in [0, 0.05) is 31.4 Å². The van der Waals surface area contributed by atoms with Crippen molar-refractivity contribution in [3.05, 3.63) is 64.6 Å². The topological polar surface area (TPSA) is 76.3 Å². The molecular formula is C21H24N4O3. The van der Waals surface area contributed by atoms with Crippen LogP contribution in [-0.4, -0.2) is 38.9 Å². The summed E-state index contributed by atoms with van der Waals surface area (Å²) < 4.78 is 2.96. The lowest BCUT2D eigenvalue weighted by Crippen LogP contribution is -2.30. The number of amides is 2. The largest absolute Gasteiger partial charge is 0.339 e. The van der Waals surface area contributed by atoms with Crippen LogP contribution in [-0.2, 0) is 18.4 Å². The van der Waals surface area contributed by atoms with Crippen molar-refractivity contribution in [2.75, 3.05) is 18.4 Å². The molecule has 3 aromatic rings. The lowest BCUT2D eigenvalue weighted by Gasteiger charge is -2.19. The highest BCUT2D eigenvalue weighted by atomic mass is 16.2. The molecule has 0 atom stereocenters. The normalized spacial score (nSPS) is 10.8. The summed E-state index contributed by atoms with van der Waals surface area (Å²) in [6, 6.07) is 14.2. The van der Waals surface area contributed by atoms with E-state index in [0.717, 1.165) is 5.52 Å². The predicted octanol–water partition coefficient (Wildman–Crippen LogP) is 2.46. The molecule has 2 aromatic carbocycles. The van der Waals surface area contributed by atoms with Gasteiger partial charge < -0.3 is 10.2 Å². The molecular weight excluding hydrogens is 356 g/mol. The predicted molar refractivity (Wildman–Crippen MR) is 110 cm³/mol. The summed E-state index contributed by atoms with van der Waals surface area (Å²) in [6.07, 6.45) is 0. The Morgan fingerprint density at radius 3 is 2.36 bits per heavy atom. The number of hydrogen-bond donors (Lipinski definition) is 1. The molecule has 28 heavy (non-hydrogen) atoms. The van der Waals surface area contributed by atoms with Crippen LogP contribution in [0.2, 0.25) is 0 Å². The highest BCUT2D eigenvalue weighted by Crippen LogP contribution is 2.14. The molecule has 0 fully saturated rings. The van der Waals surface area contributed by atoms with Gasteiger partial charge in [0.2, 0.25) is 5.91 Å². The van der Waals surface area contributed by atoms with E-state index in [1.54, 1.807) is 36.2 Å². The van der Waals surface area contributed by atoms with Crippen LogP contribution in [0.4, 0.5) is 5.69 Å². The van der Waals surface area contributed by atoms with Gasteiger partial charge in [-0.1, -0.05) is 18.2 Å². The summed E-state index contributed by atoms with van der Waals surface area (Å²) in [5, 5.41) is 2.78. The van der Waals surface area contributed by atoms with Gasteiger partial charge in [-0.3, -0.25) is 18.7 Å². The third kappa shape index (κ3) is 3.69. The number of para-hydroxylation sites is 2. The minimum Gasteiger partial charge on any atom is -0.339 e. The monoisotopic (exact) mass is 380 g/mol. The second kappa shape index (κ2) is 8.12. The molecule has 0 radical (unpaired) electrons. The van der Waals surface area contributed by atoms with Crippen LogP contribution in [0.3, 0.4) is 0 Å². The van der Waals surface area contributed by atoms with Crippen LogP contribution in [0.5, 0.6) is 0 Å². The van der Waals surface area contributed by atoms with E-state index < -0.39 is 0 Å². The molecule has 2 amide bonds. The number of fused-ring (bicyclic) bond motifs is 1. The number of nitrogens with one attached hydrogen (secondary N) is 1. The van der Waals surface area contributed by atoms with Crippen molar-refractivity contribution in [1.82, 2.24) is 14.0 Å². The molecule has 3 rings (SSSR count). The van der Waals surface area contributed by atoms with Crippen molar-refractivity contribution in [3.8, 4) is 0 Å². The summed E-state index contributed by atoms with van der Waals surface area (Å²) in [5.41, 5.74) is 2.27. The first-order valence-electron chi connectivity index (χ1n) is 9.29. The van der Waals surface area contributed by atoms with Crippen LogP contribution in [0.25, 0.3) is 11.0 Å². The first-order chi connectivity index (χ1) is 13.5. The Morgan fingerprint density at radius 1 is 1.00 bits per heavy atom. The van der Waals surface area contributed by atoms with E-state index in [9.17, 15) is 14.4 Å². The second-order valence-corrected chi connectivity index (χ2v) is 6.52. The van der Waals surface area contributed by atoms with Crippen LogP contribution in [0.1, 0.15) is 24.2 Å². The van der Waals surface area contributed by atoms with Crippen LogP contribution in [0.15, 0.2) is 53.3 Å². The fourth-order valence-electron chi connectivity index (χ4n) is 3.28. The van der Waals surface area contributed by atoms with E-state index in [0.29, 0.717) is 29.9 Å². The molecule has 7 nitrogen and oxygen atoms in total. The maximum absolute atomic E-state index is 12.5. The molecule has 7 heteroatoms. The van der Waals surface area contributed by atoms with Crippen molar-refractivity contribution in [2.45, 2.75) is 20.4 Å². The molecule has 0 spiro atoms. The summed E-state index contributed by atoms with van der Waals surface area (Å²) >= 11 is 0. The van der Waals surface area contributed by atoms with Crippen molar-refractivity contribution in [3.63, 3.8) is 0 Å². The Morgan fingerprint density at radius 2 is 1.68 bits per heavy atom. The van der Waals surface area contributed by atoms with Crippen LogP contribution < -0.4 is 11.0 Å². The van der Waals surface area contributed by atoms with Gasteiger partial charge in [0.25, 0.3) is 5.91 Å². The maximum Gasteiger partial charge on any atom is 0.329 e. The third-order valence-electron chi connectivity index (χ3n) is 4.80. The number of rotatable bonds is 6. The highest BCUT2D eigenvalue weighted by molar-refractivity contribution is 5.97. The maximum atomic E-state index is 12.5. The Hall–Kier alpha value is -3.35. The van der Waals surface area contributed by atoms with E-state index in [1.807, 2.05) is 38.1 Å². The lowest BCUT2D eigenvalue weighted by molar-refractivity contribution is -0.116. The molecule has 0 aliphatic heterocycles. The molecule has 0 saturated carbocycles. The molecule has 1 heterocycles. The molecule has 0 unspecified atom stereocenters. The molecule has 0 aliphatic rings. The van der Waals surface area contributed by atoms with Gasteiger partial charge in [0.05, 0.1) is 11.0 Å². The number of benzene rings is 2.